The largest absolute Gasteiger partial charge is 0.462 e. The van der Waals surface area contributed by atoms with Crippen LogP contribution in [0.3, 0.4) is 0 Å². The van der Waals surface area contributed by atoms with Crippen molar-refractivity contribution in [3.63, 3.8) is 0 Å². The third-order valence-electron chi connectivity index (χ3n) is 4.51. The van der Waals surface area contributed by atoms with Crippen molar-refractivity contribution in [3.8, 4) is 0 Å². The minimum Gasteiger partial charge on any atom is -0.462 e. The first-order chi connectivity index (χ1) is 13.7. The number of carbonyl (C=O) groups excluding carboxylic acids is 1. The van der Waals surface area contributed by atoms with Crippen molar-refractivity contribution in [2.45, 2.75) is 13.0 Å². The Morgan fingerprint density at radius 2 is 1.96 bits per heavy atom. The summed E-state index contributed by atoms with van der Waals surface area (Å²) in [5, 5.41) is 1.02. The van der Waals surface area contributed by atoms with Crippen molar-refractivity contribution < 1.29 is 9.53 Å². The Balaban J connectivity index is 1.34. The number of nitrogens with zero attached hydrogens (tertiary/aromatic N) is 2. The highest BCUT2D eigenvalue weighted by Crippen LogP contribution is 2.17. The zero-order chi connectivity index (χ0) is 19.3. The van der Waals surface area contributed by atoms with E-state index in [1.165, 1.54) is 6.08 Å². The molecule has 0 atom stereocenters. The van der Waals surface area contributed by atoms with E-state index >= 15 is 0 Å². The van der Waals surface area contributed by atoms with Crippen molar-refractivity contribution in [2.24, 2.45) is 0 Å². The van der Waals surface area contributed by atoms with Gasteiger partial charge in [0.05, 0.1) is 23.2 Å². The number of esters is 1. The molecule has 0 amide bonds. The number of ether oxygens (including phenoxy) is 1. The van der Waals surface area contributed by atoms with Gasteiger partial charge in [-0.3, -0.25) is 9.55 Å². The van der Waals surface area contributed by atoms with E-state index in [0.717, 1.165) is 27.5 Å². The highest BCUT2D eigenvalue weighted by Gasteiger charge is 2.06. The average Bonchev–Trinajstić information content (AvgIpc) is 3.04. The molecule has 0 saturated carbocycles. The van der Waals surface area contributed by atoms with Gasteiger partial charge in [-0.1, -0.05) is 36.4 Å². The quantitative estimate of drug-likeness (QED) is 0.319. The third-order valence-corrected chi connectivity index (χ3v) is 4.51. The number of H-pyrrole nitrogens is 1. The first-order valence-corrected chi connectivity index (χ1v) is 9.08. The number of fused-ring (bicyclic) bond motifs is 2. The van der Waals surface area contributed by atoms with Gasteiger partial charge >= 0.3 is 11.7 Å². The van der Waals surface area contributed by atoms with Crippen molar-refractivity contribution >= 4 is 34.0 Å². The van der Waals surface area contributed by atoms with E-state index in [9.17, 15) is 9.59 Å². The van der Waals surface area contributed by atoms with Crippen molar-refractivity contribution in [1.29, 1.82) is 0 Å². The average molecular weight is 373 g/mol. The lowest BCUT2D eigenvalue weighted by atomic mass is 10.1. The molecule has 6 heteroatoms. The number of rotatable bonds is 6. The normalized spacial score (nSPS) is 11.4. The summed E-state index contributed by atoms with van der Waals surface area (Å²) < 4.78 is 6.91. The number of aryl methyl sites for hydroxylation is 1. The molecule has 2 aromatic carbocycles. The van der Waals surface area contributed by atoms with E-state index in [2.05, 4.69) is 9.97 Å². The van der Waals surface area contributed by atoms with Crippen LogP contribution in [0.15, 0.2) is 71.7 Å². The molecule has 6 nitrogen and oxygen atoms in total. The summed E-state index contributed by atoms with van der Waals surface area (Å²) in [6.45, 7) is 0.718. The van der Waals surface area contributed by atoms with Crippen molar-refractivity contribution in [3.05, 3.63) is 82.9 Å². The number of pyridine rings is 1. The van der Waals surface area contributed by atoms with E-state index in [4.69, 9.17) is 4.74 Å². The summed E-state index contributed by atoms with van der Waals surface area (Å²) in [5.74, 6) is -0.417. The van der Waals surface area contributed by atoms with Crippen LogP contribution < -0.4 is 5.69 Å². The van der Waals surface area contributed by atoms with E-state index in [0.29, 0.717) is 13.0 Å². The first-order valence-electron chi connectivity index (χ1n) is 9.08. The van der Waals surface area contributed by atoms with Crippen LogP contribution in [0.2, 0.25) is 0 Å². The molecular formula is C22H19N3O3. The second-order valence-electron chi connectivity index (χ2n) is 6.38. The number of aromatic amines is 1. The summed E-state index contributed by atoms with van der Waals surface area (Å²) in [6.07, 6.45) is 5.39. The number of imidazole rings is 1. The monoisotopic (exact) mass is 373 g/mol. The molecule has 0 radical (unpaired) electrons. The van der Waals surface area contributed by atoms with Gasteiger partial charge in [0, 0.05) is 29.8 Å². The number of hydrogen-bond donors (Lipinski definition) is 1. The van der Waals surface area contributed by atoms with E-state index < -0.39 is 5.97 Å². The van der Waals surface area contributed by atoms with E-state index in [1.54, 1.807) is 16.8 Å². The molecule has 0 aliphatic heterocycles. The predicted octanol–water partition coefficient (Wildman–Crippen LogP) is 3.52. The van der Waals surface area contributed by atoms with Crippen molar-refractivity contribution in [2.75, 3.05) is 6.61 Å². The minimum absolute atomic E-state index is 0.157. The van der Waals surface area contributed by atoms with Crippen LogP contribution in [0.1, 0.15) is 12.0 Å². The molecule has 0 saturated heterocycles. The van der Waals surface area contributed by atoms with Crippen LogP contribution in [-0.2, 0) is 16.1 Å². The number of benzene rings is 2. The predicted molar refractivity (Wildman–Crippen MR) is 109 cm³/mol. The summed E-state index contributed by atoms with van der Waals surface area (Å²) in [4.78, 5) is 31.2. The lowest BCUT2D eigenvalue weighted by Gasteiger charge is -2.04. The van der Waals surface area contributed by atoms with Gasteiger partial charge in [-0.05, 0) is 30.7 Å². The van der Waals surface area contributed by atoms with Crippen LogP contribution >= 0.6 is 0 Å². The number of para-hydroxylation sites is 3. The number of nitrogens with one attached hydrogen (secondary N) is 1. The van der Waals surface area contributed by atoms with Crippen LogP contribution in [-0.4, -0.2) is 27.1 Å². The fourth-order valence-corrected chi connectivity index (χ4v) is 3.19. The molecule has 4 rings (SSSR count). The summed E-state index contributed by atoms with van der Waals surface area (Å²) >= 11 is 0. The molecule has 2 heterocycles. The zero-order valence-electron chi connectivity index (χ0n) is 15.2. The van der Waals surface area contributed by atoms with Crippen LogP contribution in [0, 0.1) is 0 Å². The highest BCUT2D eigenvalue weighted by molar-refractivity contribution is 5.92. The smallest absolute Gasteiger partial charge is 0.330 e. The maximum atomic E-state index is 12.0. The van der Waals surface area contributed by atoms with Crippen LogP contribution in [0.25, 0.3) is 28.0 Å². The van der Waals surface area contributed by atoms with Crippen molar-refractivity contribution in [1.82, 2.24) is 14.5 Å². The van der Waals surface area contributed by atoms with Gasteiger partial charge in [0.15, 0.2) is 0 Å². The highest BCUT2D eigenvalue weighted by atomic mass is 16.5. The molecule has 0 bridgehead atoms. The molecule has 1 N–H and O–H groups in total. The van der Waals surface area contributed by atoms with Crippen LogP contribution in [0.5, 0.6) is 0 Å². The minimum atomic E-state index is -0.417. The molecule has 0 aliphatic carbocycles. The van der Waals surface area contributed by atoms with E-state index in [-0.39, 0.29) is 12.3 Å². The summed E-state index contributed by atoms with van der Waals surface area (Å²) in [6, 6.07) is 17.2. The summed E-state index contributed by atoms with van der Waals surface area (Å²) in [5.41, 5.74) is 3.20. The van der Waals surface area contributed by atoms with Gasteiger partial charge in [-0.25, -0.2) is 9.59 Å². The third kappa shape index (κ3) is 3.71. The van der Waals surface area contributed by atoms with Gasteiger partial charge in [0.2, 0.25) is 0 Å². The second kappa shape index (κ2) is 7.92. The lowest BCUT2D eigenvalue weighted by Crippen LogP contribution is -2.18. The fraction of sp³-hybridized carbons (Fsp3) is 0.136. The van der Waals surface area contributed by atoms with Crippen LogP contribution in [0.4, 0.5) is 0 Å². The Morgan fingerprint density at radius 3 is 2.89 bits per heavy atom. The molecule has 0 fully saturated rings. The standard InChI is InChI=1S/C22H19N3O3/c26-20(12-11-17-7-3-6-16-8-4-13-23-21(16)17)28-15-5-14-25-19-10-2-1-9-18(19)24-22(25)27/h1-4,6-13H,5,14-15H2,(H,24,27)/b12-11+. The Hall–Kier alpha value is -3.67. The molecule has 28 heavy (non-hydrogen) atoms. The molecule has 0 aliphatic rings. The van der Waals surface area contributed by atoms with Gasteiger partial charge in [0.1, 0.15) is 0 Å². The number of aromatic nitrogens is 3. The zero-order valence-corrected chi connectivity index (χ0v) is 15.2. The second-order valence-corrected chi connectivity index (χ2v) is 6.38. The number of hydrogen-bond acceptors (Lipinski definition) is 4. The first kappa shape index (κ1) is 17.7. The number of carbonyl (C=O) groups is 1. The molecule has 140 valence electrons. The summed E-state index contributed by atoms with van der Waals surface area (Å²) in [7, 11) is 0. The lowest BCUT2D eigenvalue weighted by molar-refractivity contribution is -0.137. The van der Waals surface area contributed by atoms with Gasteiger partial charge in [0.25, 0.3) is 0 Å². The van der Waals surface area contributed by atoms with E-state index in [1.807, 2.05) is 54.6 Å². The van der Waals surface area contributed by atoms with Gasteiger partial charge in [-0.15, -0.1) is 0 Å². The van der Waals surface area contributed by atoms with Gasteiger partial charge in [-0.2, -0.15) is 0 Å². The Morgan fingerprint density at radius 1 is 1.11 bits per heavy atom. The molecule has 4 aromatic rings. The SMILES string of the molecule is O=C(/C=C/c1cccc2cccnc12)OCCCn1c(=O)[nH]c2ccccc21. The Bertz CT molecular complexity index is 1220. The Labute approximate surface area is 161 Å². The topological polar surface area (TPSA) is 77.0 Å². The molecular weight excluding hydrogens is 354 g/mol. The Kier molecular flexibility index (Phi) is 5.01. The molecule has 0 unspecified atom stereocenters. The molecule has 2 aromatic heterocycles. The van der Waals surface area contributed by atoms with Gasteiger partial charge < -0.3 is 9.72 Å². The maximum Gasteiger partial charge on any atom is 0.330 e. The fourth-order valence-electron chi connectivity index (χ4n) is 3.19. The maximum absolute atomic E-state index is 12.0. The molecule has 0 spiro atoms.